The predicted molar refractivity (Wildman–Crippen MR) is 82.5 cm³/mol. The van der Waals surface area contributed by atoms with E-state index < -0.39 is 0 Å². The summed E-state index contributed by atoms with van der Waals surface area (Å²) in [5.74, 6) is 0. The number of aromatic nitrogens is 1. The number of nitrogens with zero attached hydrogens (tertiary/aromatic N) is 2. The Hall–Kier alpha value is -1.79. The van der Waals surface area contributed by atoms with Crippen molar-refractivity contribution >= 4 is 11.8 Å². The van der Waals surface area contributed by atoms with Crippen molar-refractivity contribution in [2.45, 2.75) is 35.8 Å². The molecule has 2 aromatic rings. The van der Waals surface area contributed by atoms with Gasteiger partial charge in [-0.2, -0.15) is 5.26 Å². The molecular weight excluding hydrogens is 264 g/mol. The van der Waals surface area contributed by atoms with Gasteiger partial charge < -0.3 is 0 Å². The number of benzene rings is 1. The lowest BCUT2D eigenvalue weighted by molar-refractivity contribution is 0.886. The number of hydrogen-bond acceptors (Lipinski definition) is 3. The Morgan fingerprint density at radius 1 is 1.10 bits per heavy atom. The Labute approximate surface area is 123 Å². The lowest BCUT2D eigenvalue weighted by atomic mass is 10.1. The van der Waals surface area contributed by atoms with E-state index in [1.165, 1.54) is 25.7 Å². The Morgan fingerprint density at radius 3 is 2.55 bits per heavy atom. The van der Waals surface area contributed by atoms with E-state index in [1.807, 2.05) is 36.0 Å². The maximum atomic E-state index is 9.34. The average Bonchev–Trinajstić information content (AvgIpc) is 3.01. The smallest absolute Gasteiger partial charge is 0.154 e. The molecule has 1 saturated carbocycles. The van der Waals surface area contributed by atoms with Crippen LogP contribution < -0.4 is 0 Å². The highest BCUT2D eigenvalue weighted by Gasteiger charge is 2.20. The fourth-order valence-electron chi connectivity index (χ4n) is 2.67. The monoisotopic (exact) mass is 280 g/mol. The summed E-state index contributed by atoms with van der Waals surface area (Å²) in [6.07, 6.45) is 6.85. The molecule has 0 radical (unpaired) electrons. The van der Waals surface area contributed by atoms with Crippen molar-refractivity contribution in [2.24, 2.45) is 0 Å². The third-order valence-corrected chi connectivity index (χ3v) is 5.14. The zero-order valence-corrected chi connectivity index (χ0v) is 12.1. The second-order valence-corrected chi connectivity index (χ2v) is 6.35. The second-order valence-electron chi connectivity index (χ2n) is 5.04. The Kier molecular flexibility index (Phi) is 4.03. The standard InChI is InChI=1S/C17H16N2S/c18-12-16-17(20-14-8-4-5-9-14)15(10-11-19-16)13-6-2-1-3-7-13/h1-3,6-7,10-11,14H,4-5,8-9H2. The van der Waals surface area contributed by atoms with Crippen molar-refractivity contribution in [1.82, 2.24) is 4.98 Å². The summed E-state index contributed by atoms with van der Waals surface area (Å²) < 4.78 is 0. The number of rotatable bonds is 3. The molecule has 0 bridgehead atoms. The Balaban J connectivity index is 2.03. The van der Waals surface area contributed by atoms with Crippen LogP contribution in [0.4, 0.5) is 0 Å². The molecule has 1 fully saturated rings. The second kappa shape index (κ2) is 6.11. The summed E-state index contributed by atoms with van der Waals surface area (Å²) in [4.78, 5) is 5.29. The van der Waals surface area contributed by atoms with Crippen LogP contribution in [0.2, 0.25) is 0 Å². The summed E-state index contributed by atoms with van der Waals surface area (Å²) in [6.45, 7) is 0. The fraction of sp³-hybridized carbons (Fsp3) is 0.294. The van der Waals surface area contributed by atoms with E-state index in [-0.39, 0.29) is 0 Å². The molecule has 1 aromatic carbocycles. The maximum absolute atomic E-state index is 9.34. The third kappa shape index (κ3) is 2.71. The van der Waals surface area contributed by atoms with Crippen LogP contribution in [0.3, 0.4) is 0 Å². The molecule has 1 heterocycles. The van der Waals surface area contributed by atoms with Crippen molar-refractivity contribution in [1.29, 1.82) is 5.26 Å². The SMILES string of the molecule is N#Cc1nccc(-c2ccccc2)c1SC1CCCC1. The fourth-order valence-corrected chi connectivity index (χ4v) is 4.09. The van der Waals surface area contributed by atoms with E-state index in [0.717, 1.165) is 16.0 Å². The van der Waals surface area contributed by atoms with E-state index in [1.54, 1.807) is 6.20 Å². The number of thioether (sulfide) groups is 1. The molecule has 20 heavy (non-hydrogen) atoms. The Bertz CT molecular complexity index is 625. The highest BCUT2D eigenvalue weighted by molar-refractivity contribution is 8.00. The van der Waals surface area contributed by atoms with Gasteiger partial charge in [0.25, 0.3) is 0 Å². The molecule has 0 amide bonds. The van der Waals surface area contributed by atoms with Gasteiger partial charge in [0, 0.05) is 11.4 Å². The normalized spacial score (nSPS) is 15.2. The summed E-state index contributed by atoms with van der Waals surface area (Å²) in [5, 5.41) is 9.97. The minimum Gasteiger partial charge on any atom is -0.244 e. The minimum absolute atomic E-state index is 0.559. The lowest BCUT2D eigenvalue weighted by Gasteiger charge is -2.14. The summed E-state index contributed by atoms with van der Waals surface area (Å²) >= 11 is 1.84. The quantitative estimate of drug-likeness (QED) is 0.820. The van der Waals surface area contributed by atoms with Crippen LogP contribution in [0.15, 0.2) is 47.5 Å². The molecule has 1 aliphatic carbocycles. The first kappa shape index (κ1) is 13.2. The van der Waals surface area contributed by atoms with E-state index >= 15 is 0 Å². The molecule has 0 spiro atoms. The first-order valence-corrected chi connectivity index (χ1v) is 7.87. The van der Waals surface area contributed by atoms with Crippen LogP contribution in [0.5, 0.6) is 0 Å². The van der Waals surface area contributed by atoms with Crippen molar-refractivity contribution < 1.29 is 0 Å². The Morgan fingerprint density at radius 2 is 1.85 bits per heavy atom. The molecule has 1 aliphatic rings. The first-order chi connectivity index (χ1) is 9.88. The van der Waals surface area contributed by atoms with Gasteiger partial charge in [-0.05, 0) is 30.0 Å². The minimum atomic E-state index is 0.559. The third-order valence-electron chi connectivity index (χ3n) is 3.68. The summed E-state index contributed by atoms with van der Waals surface area (Å²) in [6, 6.07) is 14.5. The molecule has 0 unspecified atom stereocenters. The number of nitriles is 1. The highest BCUT2D eigenvalue weighted by atomic mass is 32.2. The van der Waals surface area contributed by atoms with E-state index in [9.17, 15) is 5.26 Å². The number of pyridine rings is 1. The molecule has 0 saturated heterocycles. The van der Waals surface area contributed by atoms with Gasteiger partial charge in [-0.3, -0.25) is 0 Å². The zero-order chi connectivity index (χ0) is 13.8. The molecule has 3 heteroatoms. The van der Waals surface area contributed by atoms with Crippen molar-refractivity contribution in [2.75, 3.05) is 0 Å². The molecule has 0 atom stereocenters. The zero-order valence-electron chi connectivity index (χ0n) is 11.2. The van der Waals surface area contributed by atoms with Gasteiger partial charge in [0.15, 0.2) is 5.69 Å². The molecule has 3 rings (SSSR count). The first-order valence-electron chi connectivity index (χ1n) is 6.99. The molecule has 0 N–H and O–H groups in total. The molecular formula is C17H16N2S. The van der Waals surface area contributed by atoms with Crippen LogP contribution in [-0.4, -0.2) is 10.2 Å². The van der Waals surface area contributed by atoms with Crippen molar-refractivity contribution in [3.05, 3.63) is 48.3 Å². The highest BCUT2D eigenvalue weighted by Crippen LogP contribution is 2.40. The van der Waals surface area contributed by atoms with Crippen LogP contribution in [-0.2, 0) is 0 Å². The molecule has 100 valence electrons. The van der Waals surface area contributed by atoms with Crippen LogP contribution in [0.25, 0.3) is 11.1 Å². The van der Waals surface area contributed by atoms with E-state index in [4.69, 9.17) is 0 Å². The topological polar surface area (TPSA) is 36.7 Å². The van der Waals surface area contributed by atoms with Crippen LogP contribution >= 0.6 is 11.8 Å². The number of hydrogen-bond donors (Lipinski definition) is 0. The van der Waals surface area contributed by atoms with E-state index in [0.29, 0.717) is 10.9 Å². The lowest BCUT2D eigenvalue weighted by Crippen LogP contribution is -1.98. The van der Waals surface area contributed by atoms with Gasteiger partial charge >= 0.3 is 0 Å². The van der Waals surface area contributed by atoms with E-state index in [2.05, 4.69) is 23.2 Å². The van der Waals surface area contributed by atoms with Gasteiger partial charge in [0.05, 0.1) is 4.90 Å². The predicted octanol–water partition coefficient (Wildman–Crippen LogP) is 4.65. The largest absolute Gasteiger partial charge is 0.244 e. The summed E-state index contributed by atoms with van der Waals surface area (Å²) in [7, 11) is 0. The van der Waals surface area contributed by atoms with Crippen LogP contribution in [0, 0.1) is 11.3 Å². The van der Waals surface area contributed by atoms with Gasteiger partial charge in [-0.1, -0.05) is 43.2 Å². The summed E-state index contributed by atoms with van der Waals surface area (Å²) in [5.41, 5.74) is 2.85. The molecule has 2 nitrogen and oxygen atoms in total. The van der Waals surface area contributed by atoms with Crippen molar-refractivity contribution in [3.63, 3.8) is 0 Å². The molecule has 1 aromatic heterocycles. The van der Waals surface area contributed by atoms with Gasteiger partial charge in [-0.25, -0.2) is 4.98 Å². The van der Waals surface area contributed by atoms with Gasteiger partial charge in [0.2, 0.25) is 0 Å². The van der Waals surface area contributed by atoms with Crippen LogP contribution in [0.1, 0.15) is 31.4 Å². The average molecular weight is 280 g/mol. The van der Waals surface area contributed by atoms with Gasteiger partial charge in [0.1, 0.15) is 6.07 Å². The van der Waals surface area contributed by atoms with Gasteiger partial charge in [-0.15, -0.1) is 11.8 Å². The maximum Gasteiger partial charge on any atom is 0.154 e. The molecule has 0 aliphatic heterocycles. The van der Waals surface area contributed by atoms with Crippen molar-refractivity contribution in [3.8, 4) is 17.2 Å².